The van der Waals surface area contributed by atoms with Crippen molar-refractivity contribution in [2.24, 2.45) is 0 Å². The molecule has 0 aliphatic carbocycles. The van der Waals surface area contributed by atoms with Gasteiger partial charge < -0.3 is 20.1 Å². The van der Waals surface area contributed by atoms with Crippen molar-refractivity contribution >= 4 is 11.6 Å². The second-order valence-electron chi connectivity index (χ2n) is 3.62. The van der Waals surface area contributed by atoms with E-state index in [1.807, 2.05) is 0 Å². The Hall–Kier alpha value is -1.73. The number of methoxy groups -OCH3 is 1. The topological polar surface area (TPSA) is 59.6 Å². The molecule has 0 aliphatic heterocycles. The highest BCUT2D eigenvalue weighted by molar-refractivity contribution is 5.92. The number of halogens is 2. The quantitative estimate of drug-likeness (QED) is 0.705. The monoisotopic (exact) mass is 274 g/mol. The maximum atomic E-state index is 12.0. The van der Waals surface area contributed by atoms with Crippen molar-refractivity contribution in [2.75, 3.05) is 32.1 Å². The third-order valence-corrected chi connectivity index (χ3v) is 2.11. The van der Waals surface area contributed by atoms with Gasteiger partial charge in [0.15, 0.2) is 0 Å². The van der Waals surface area contributed by atoms with Crippen LogP contribution in [0.1, 0.15) is 0 Å². The predicted molar refractivity (Wildman–Crippen MR) is 66.4 cm³/mol. The van der Waals surface area contributed by atoms with Gasteiger partial charge in [-0.25, -0.2) is 0 Å². The molecular formula is C12H16F2N2O3. The minimum absolute atomic E-state index is 0.000132. The molecule has 0 spiro atoms. The molecule has 0 bridgehead atoms. The number of alkyl halides is 2. The fourth-order valence-corrected chi connectivity index (χ4v) is 1.33. The Morgan fingerprint density at radius 2 is 2.21 bits per heavy atom. The standard InChI is InChI=1S/C12H16F2N2O3/c1-18-6-5-15-8-11(17)16-9-3-2-4-10(7-9)19-12(13)14/h2-4,7,12,15H,5-6,8H2,1H3,(H,16,17). The third kappa shape index (κ3) is 6.68. The summed E-state index contributed by atoms with van der Waals surface area (Å²) in [5, 5.41) is 5.43. The van der Waals surface area contributed by atoms with Gasteiger partial charge in [0.1, 0.15) is 5.75 Å². The molecule has 0 radical (unpaired) electrons. The number of benzene rings is 1. The maximum Gasteiger partial charge on any atom is 0.387 e. The van der Waals surface area contributed by atoms with Crippen LogP contribution in [-0.2, 0) is 9.53 Å². The largest absolute Gasteiger partial charge is 0.435 e. The fraction of sp³-hybridized carbons (Fsp3) is 0.417. The molecule has 0 saturated heterocycles. The molecule has 0 saturated carbocycles. The highest BCUT2D eigenvalue weighted by Crippen LogP contribution is 2.19. The van der Waals surface area contributed by atoms with Gasteiger partial charge in [-0.15, -0.1) is 0 Å². The molecule has 0 fully saturated rings. The zero-order valence-corrected chi connectivity index (χ0v) is 10.5. The van der Waals surface area contributed by atoms with Crippen LogP contribution >= 0.6 is 0 Å². The lowest BCUT2D eigenvalue weighted by atomic mass is 10.3. The number of amides is 1. The number of rotatable bonds is 8. The first-order valence-corrected chi connectivity index (χ1v) is 5.66. The summed E-state index contributed by atoms with van der Waals surface area (Å²) in [5.41, 5.74) is 0.400. The molecule has 19 heavy (non-hydrogen) atoms. The van der Waals surface area contributed by atoms with Crippen LogP contribution in [0.15, 0.2) is 24.3 Å². The molecule has 0 aromatic heterocycles. The van der Waals surface area contributed by atoms with Crippen LogP contribution < -0.4 is 15.4 Å². The zero-order chi connectivity index (χ0) is 14.1. The molecule has 0 unspecified atom stereocenters. The zero-order valence-electron chi connectivity index (χ0n) is 10.5. The van der Waals surface area contributed by atoms with E-state index in [0.29, 0.717) is 18.8 Å². The van der Waals surface area contributed by atoms with Crippen LogP contribution in [0.4, 0.5) is 14.5 Å². The van der Waals surface area contributed by atoms with Gasteiger partial charge in [0.05, 0.1) is 13.2 Å². The van der Waals surface area contributed by atoms with E-state index in [4.69, 9.17) is 4.74 Å². The average Bonchev–Trinajstić information content (AvgIpc) is 2.34. The lowest BCUT2D eigenvalue weighted by Crippen LogP contribution is -2.30. The molecule has 1 rings (SSSR count). The van der Waals surface area contributed by atoms with Gasteiger partial charge in [-0.1, -0.05) is 6.07 Å². The van der Waals surface area contributed by atoms with Gasteiger partial charge in [0, 0.05) is 25.4 Å². The van der Waals surface area contributed by atoms with Crippen molar-refractivity contribution in [1.82, 2.24) is 5.32 Å². The Balaban J connectivity index is 2.41. The molecule has 1 aromatic carbocycles. The number of carbonyl (C=O) groups excluding carboxylic acids is 1. The Bertz CT molecular complexity index is 402. The van der Waals surface area contributed by atoms with Crippen LogP contribution in [-0.4, -0.2) is 39.3 Å². The first-order valence-electron chi connectivity index (χ1n) is 5.66. The highest BCUT2D eigenvalue weighted by Gasteiger charge is 2.06. The molecule has 1 amide bonds. The van der Waals surface area contributed by atoms with Gasteiger partial charge in [-0.3, -0.25) is 4.79 Å². The Labute approximate surface area is 109 Å². The van der Waals surface area contributed by atoms with Gasteiger partial charge in [-0.05, 0) is 12.1 Å². The second kappa shape index (κ2) is 8.39. The van der Waals surface area contributed by atoms with E-state index in [0.717, 1.165) is 0 Å². The second-order valence-corrected chi connectivity index (χ2v) is 3.62. The Kier molecular flexibility index (Phi) is 6.76. The van der Waals surface area contributed by atoms with Gasteiger partial charge >= 0.3 is 6.61 Å². The summed E-state index contributed by atoms with van der Waals surface area (Å²) >= 11 is 0. The third-order valence-electron chi connectivity index (χ3n) is 2.11. The van der Waals surface area contributed by atoms with Crippen molar-refractivity contribution in [3.8, 4) is 5.75 Å². The highest BCUT2D eigenvalue weighted by atomic mass is 19.3. The van der Waals surface area contributed by atoms with E-state index in [1.165, 1.54) is 18.2 Å². The van der Waals surface area contributed by atoms with Gasteiger partial charge in [0.25, 0.3) is 0 Å². The maximum absolute atomic E-state index is 12.0. The van der Waals surface area contributed by atoms with Crippen LogP contribution in [0.2, 0.25) is 0 Å². The number of hydrogen-bond acceptors (Lipinski definition) is 4. The summed E-state index contributed by atoms with van der Waals surface area (Å²) in [7, 11) is 1.57. The molecule has 0 atom stereocenters. The first kappa shape index (κ1) is 15.3. The minimum Gasteiger partial charge on any atom is -0.435 e. The van der Waals surface area contributed by atoms with E-state index in [9.17, 15) is 13.6 Å². The lowest BCUT2D eigenvalue weighted by molar-refractivity contribution is -0.115. The number of hydrogen-bond donors (Lipinski definition) is 2. The van der Waals surface area contributed by atoms with Crippen molar-refractivity contribution in [3.63, 3.8) is 0 Å². The SMILES string of the molecule is COCCNCC(=O)Nc1cccc(OC(F)F)c1. The number of carbonyl (C=O) groups is 1. The molecule has 2 N–H and O–H groups in total. The van der Waals surface area contributed by atoms with Gasteiger partial charge in [0.2, 0.25) is 5.91 Å². The molecule has 1 aromatic rings. The lowest BCUT2D eigenvalue weighted by Gasteiger charge is -2.09. The Morgan fingerprint density at radius 3 is 2.89 bits per heavy atom. The van der Waals surface area contributed by atoms with E-state index < -0.39 is 6.61 Å². The molecular weight excluding hydrogens is 258 g/mol. The average molecular weight is 274 g/mol. The summed E-state index contributed by atoms with van der Waals surface area (Å²) in [4.78, 5) is 11.5. The normalized spacial score (nSPS) is 10.5. The van der Waals surface area contributed by atoms with Crippen LogP contribution in [0.3, 0.4) is 0 Å². The minimum atomic E-state index is -2.89. The van der Waals surface area contributed by atoms with Crippen LogP contribution in [0.5, 0.6) is 5.75 Å². The van der Waals surface area contributed by atoms with Crippen molar-refractivity contribution < 1.29 is 23.0 Å². The molecule has 106 valence electrons. The number of ether oxygens (including phenoxy) is 2. The summed E-state index contributed by atoms with van der Waals surface area (Å²) in [6, 6.07) is 5.83. The van der Waals surface area contributed by atoms with Crippen molar-refractivity contribution in [3.05, 3.63) is 24.3 Å². The van der Waals surface area contributed by atoms with E-state index >= 15 is 0 Å². The number of anilines is 1. The summed E-state index contributed by atoms with van der Waals surface area (Å²) in [6.07, 6.45) is 0. The van der Waals surface area contributed by atoms with E-state index in [-0.39, 0.29) is 18.2 Å². The van der Waals surface area contributed by atoms with Crippen molar-refractivity contribution in [2.45, 2.75) is 6.61 Å². The summed E-state index contributed by atoms with van der Waals surface area (Å²) in [5.74, 6) is -0.273. The first-order chi connectivity index (χ1) is 9.11. The summed E-state index contributed by atoms with van der Waals surface area (Å²) in [6.45, 7) is -1.71. The van der Waals surface area contributed by atoms with E-state index in [2.05, 4.69) is 15.4 Å². The molecule has 7 heteroatoms. The van der Waals surface area contributed by atoms with Crippen LogP contribution in [0, 0.1) is 0 Å². The summed E-state index contributed by atoms with van der Waals surface area (Å²) < 4.78 is 33.1. The number of nitrogens with one attached hydrogen (secondary N) is 2. The molecule has 0 heterocycles. The smallest absolute Gasteiger partial charge is 0.387 e. The van der Waals surface area contributed by atoms with Crippen LogP contribution in [0.25, 0.3) is 0 Å². The molecule has 0 aliphatic rings. The van der Waals surface area contributed by atoms with Gasteiger partial charge in [-0.2, -0.15) is 8.78 Å². The van der Waals surface area contributed by atoms with Crippen molar-refractivity contribution in [1.29, 1.82) is 0 Å². The molecule has 5 nitrogen and oxygen atoms in total. The van der Waals surface area contributed by atoms with E-state index in [1.54, 1.807) is 13.2 Å². The Morgan fingerprint density at radius 1 is 1.42 bits per heavy atom. The predicted octanol–water partition coefficient (Wildman–Crippen LogP) is 1.46. The fourth-order valence-electron chi connectivity index (χ4n) is 1.33.